The van der Waals surface area contributed by atoms with Gasteiger partial charge in [-0.05, 0) is 83.5 Å². The normalized spacial score (nSPS) is 12.3. The summed E-state index contributed by atoms with van der Waals surface area (Å²) in [4.78, 5) is 38.1. The van der Waals surface area contributed by atoms with Crippen molar-refractivity contribution in [3.05, 3.63) is 48.6 Å². The molecule has 6 nitrogen and oxygen atoms in total. The van der Waals surface area contributed by atoms with Crippen molar-refractivity contribution in [3.8, 4) is 0 Å². The Hall–Kier alpha value is -2.63. The molecule has 0 saturated carbocycles. The van der Waals surface area contributed by atoms with Crippen molar-refractivity contribution in [2.24, 2.45) is 0 Å². The molecule has 67 heavy (non-hydrogen) atoms. The summed E-state index contributed by atoms with van der Waals surface area (Å²) in [6.45, 7) is 6.61. The van der Waals surface area contributed by atoms with Gasteiger partial charge in [0.05, 0.1) is 0 Å². The smallest absolute Gasteiger partial charge is 0.306 e. The van der Waals surface area contributed by atoms with Crippen molar-refractivity contribution in [1.29, 1.82) is 0 Å². The van der Waals surface area contributed by atoms with Crippen LogP contribution >= 0.6 is 0 Å². The molecule has 0 fully saturated rings. The maximum atomic E-state index is 12.9. The molecule has 1 unspecified atom stereocenters. The molecule has 0 radical (unpaired) electrons. The maximum absolute atomic E-state index is 12.9. The van der Waals surface area contributed by atoms with Crippen LogP contribution in [0.2, 0.25) is 0 Å². The quantitative estimate of drug-likeness (QED) is 0.0262. The highest BCUT2D eigenvalue weighted by Crippen LogP contribution is 2.16. The summed E-state index contributed by atoms with van der Waals surface area (Å²) < 4.78 is 16.9. The molecule has 6 heteroatoms. The molecule has 0 aliphatic carbocycles. The van der Waals surface area contributed by atoms with Crippen molar-refractivity contribution in [1.82, 2.24) is 0 Å². The van der Waals surface area contributed by atoms with Gasteiger partial charge in [0, 0.05) is 19.3 Å². The number of unbranched alkanes of at least 4 members (excludes halogenated alkanes) is 34. The Morgan fingerprint density at radius 1 is 0.299 bits per heavy atom. The fourth-order valence-corrected chi connectivity index (χ4v) is 8.39. The molecule has 0 aliphatic rings. The van der Waals surface area contributed by atoms with Crippen LogP contribution in [0.1, 0.15) is 303 Å². The molecule has 0 rings (SSSR count). The molecular weight excluding hydrogens is 829 g/mol. The molecule has 0 amide bonds. The summed E-state index contributed by atoms with van der Waals surface area (Å²) in [5, 5.41) is 0. The third-order valence-electron chi connectivity index (χ3n) is 12.8. The molecule has 0 aromatic carbocycles. The molecule has 0 aliphatic heterocycles. The summed E-state index contributed by atoms with van der Waals surface area (Å²) in [5.74, 6) is -0.884. The number of ether oxygens (including phenoxy) is 3. The number of carbonyl (C=O) groups excluding carboxylic acids is 3. The van der Waals surface area contributed by atoms with Crippen LogP contribution in [0.15, 0.2) is 48.6 Å². The van der Waals surface area contributed by atoms with E-state index in [1.807, 2.05) is 0 Å². The van der Waals surface area contributed by atoms with Crippen LogP contribution in [0.3, 0.4) is 0 Å². The number of allylic oxidation sites excluding steroid dienone is 8. The third kappa shape index (κ3) is 54.2. The Balaban J connectivity index is 4.36. The minimum Gasteiger partial charge on any atom is -0.462 e. The average molecular weight is 940 g/mol. The Morgan fingerprint density at radius 3 is 0.896 bits per heavy atom. The van der Waals surface area contributed by atoms with E-state index in [0.717, 1.165) is 83.5 Å². The van der Waals surface area contributed by atoms with Gasteiger partial charge < -0.3 is 14.2 Å². The number of carbonyl (C=O) groups is 3. The zero-order chi connectivity index (χ0) is 48.6. The van der Waals surface area contributed by atoms with Gasteiger partial charge in [-0.3, -0.25) is 14.4 Å². The summed E-state index contributed by atoms with van der Waals surface area (Å²) in [7, 11) is 0. The predicted molar refractivity (Wildman–Crippen MR) is 289 cm³/mol. The molecule has 390 valence electrons. The van der Waals surface area contributed by atoms with Crippen LogP contribution in [-0.2, 0) is 28.6 Å². The van der Waals surface area contributed by atoms with E-state index >= 15 is 0 Å². The van der Waals surface area contributed by atoms with Crippen molar-refractivity contribution in [2.75, 3.05) is 13.2 Å². The van der Waals surface area contributed by atoms with E-state index in [1.54, 1.807) is 0 Å². The van der Waals surface area contributed by atoms with Gasteiger partial charge in [0.1, 0.15) is 13.2 Å². The largest absolute Gasteiger partial charge is 0.462 e. The molecule has 0 heterocycles. The first-order valence-electron chi connectivity index (χ1n) is 29.1. The van der Waals surface area contributed by atoms with Crippen molar-refractivity contribution < 1.29 is 28.6 Å². The first-order valence-corrected chi connectivity index (χ1v) is 29.1. The fraction of sp³-hybridized carbons (Fsp3) is 0.820. The van der Waals surface area contributed by atoms with Crippen molar-refractivity contribution >= 4 is 17.9 Å². The Bertz CT molecular complexity index is 1170. The monoisotopic (exact) mass is 939 g/mol. The SMILES string of the molecule is CCCCC/C=C\C/C=C\C/C=C\CCCCCCCCC(=O)OCC(COC(=O)CCCCCCC/C=C\CCCCCC)OC(=O)CCCCCCCCCCCCCCCCCCC. The van der Waals surface area contributed by atoms with Gasteiger partial charge in [-0.2, -0.15) is 0 Å². The Kier molecular flexibility index (Phi) is 53.8. The summed E-state index contributed by atoms with van der Waals surface area (Å²) in [6.07, 6.45) is 68.1. The second-order valence-corrected chi connectivity index (χ2v) is 19.6. The highest BCUT2D eigenvalue weighted by Gasteiger charge is 2.19. The summed E-state index contributed by atoms with van der Waals surface area (Å²) in [6, 6.07) is 0. The van der Waals surface area contributed by atoms with Crippen molar-refractivity contribution in [2.45, 2.75) is 309 Å². The highest BCUT2D eigenvalue weighted by atomic mass is 16.6. The lowest BCUT2D eigenvalue weighted by atomic mass is 10.0. The Labute approximate surface area is 416 Å². The van der Waals surface area contributed by atoms with E-state index in [9.17, 15) is 14.4 Å². The lowest BCUT2D eigenvalue weighted by molar-refractivity contribution is -0.167. The lowest BCUT2D eigenvalue weighted by Crippen LogP contribution is -2.30. The van der Waals surface area contributed by atoms with Crippen LogP contribution < -0.4 is 0 Å². The molecule has 0 aromatic heterocycles. The van der Waals surface area contributed by atoms with Gasteiger partial charge in [0.25, 0.3) is 0 Å². The molecule has 0 spiro atoms. The van der Waals surface area contributed by atoms with Gasteiger partial charge in [-0.15, -0.1) is 0 Å². The second kappa shape index (κ2) is 56.0. The van der Waals surface area contributed by atoms with Gasteiger partial charge in [-0.1, -0.05) is 249 Å². The van der Waals surface area contributed by atoms with E-state index in [1.165, 1.54) is 180 Å². The number of hydrogen-bond donors (Lipinski definition) is 0. The fourth-order valence-electron chi connectivity index (χ4n) is 8.39. The van der Waals surface area contributed by atoms with E-state index in [2.05, 4.69) is 69.4 Å². The maximum Gasteiger partial charge on any atom is 0.306 e. The van der Waals surface area contributed by atoms with Gasteiger partial charge in [0.15, 0.2) is 6.10 Å². The topological polar surface area (TPSA) is 78.9 Å². The first kappa shape index (κ1) is 64.4. The third-order valence-corrected chi connectivity index (χ3v) is 12.8. The lowest BCUT2D eigenvalue weighted by Gasteiger charge is -2.18. The predicted octanol–water partition coefficient (Wildman–Crippen LogP) is 19.4. The van der Waals surface area contributed by atoms with E-state index in [0.29, 0.717) is 19.3 Å². The van der Waals surface area contributed by atoms with Gasteiger partial charge in [-0.25, -0.2) is 0 Å². The van der Waals surface area contributed by atoms with E-state index < -0.39 is 6.10 Å². The number of rotatable bonds is 53. The zero-order valence-electron chi connectivity index (χ0n) is 44.7. The second-order valence-electron chi connectivity index (χ2n) is 19.6. The van der Waals surface area contributed by atoms with Crippen LogP contribution in [-0.4, -0.2) is 37.2 Å². The van der Waals surface area contributed by atoms with Gasteiger partial charge >= 0.3 is 17.9 Å². The average Bonchev–Trinajstić information content (AvgIpc) is 3.33. The van der Waals surface area contributed by atoms with Crippen molar-refractivity contribution in [3.63, 3.8) is 0 Å². The highest BCUT2D eigenvalue weighted by molar-refractivity contribution is 5.71. The van der Waals surface area contributed by atoms with Crippen LogP contribution in [0.25, 0.3) is 0 Å². The van der Waals surface area contributed by atoms with E-state index in [4.69, 9.17) is 14.2 Å². The van der Waals surface area contributed by atoms with Crippen LogP contribution in [0.4, 0.5) is 0 Å². The number of hydrogen-bond acceptors (Lipinski definition) is 6. The molecule has 0 bridgehead atoms. The molecule has 0 saturated heterocycles. The van der Waals surface area contributed by atoms with E-state index in [-0.39, 0.29) is 31.1 Å². The Morgan fingerprint density at radius 2 is 0.537 bits per heavy atom. The number of esters is 3. The zero-order valence-corrected chi connectivity index (χ0v) is 44.7. The molecular formula is C61H110O6. The molecule has 0 aromatic rings. The minimum absolute atomic E-state index is 0.0789. The first-order chi connectivity index (χ1) is 33.0. The molecule has 0 N–H and O–H groups in total. The standard InChI is InChI=1S/C61H110O6/c1-4-7-10-13-16-19-22-25-27-29-30-32-33-36-39-42-45-48-51-54-60(63)66-57-58(56-65-59(62)53-50-47-44-41-38-35-24-21-18-15-12-9-6-3)67-61(64)55-52-49-46-43-40-37-34-31-28-26-23-20-17-14-11-8-5-2/h16,19,21,24-25,27,30,32,58H,4-15,17-18,20,22-23,26,28-29,31,33-57H2,1-3H3/b19-16-,24-21-,27-25-,32-30-. The van der Waals surface area contributed by atoms with Crippen LogP contribution in [0, 0.1) is 0 Å². The summed E-state index contributed by atoms with van der Waals surface area (Å²) >= 11 is 0. The minimum atomic E-state index is -0.779. The van der Waals surface area contributed by atoms with Gasteiger partial charge in [0.2, 0.25) is 0 Å². The van der Waals surface area contributed by atoms with Crippen LogP contribution in [0.5, 0.6) is 0 Å². The summed E-state index contributed by atoms with van der Waals surface area (Å²) in [5.41, 5.74) is 0. The molecule has 1 atom stereocenters.